The number of anilines is 1. The Balaban J connectivity index is 1.55. The minimum Gasteiger partial charge on any atom is -0.507 e. The molecule has 1 aliphatic rings. The number of thioether (sulfide) groups is 1. The second-order valence-corrected chi connectivity index (χ2v) is 13.4. The van der Waals surface area contributed by atoms with Crippen LogP contribution in [-0.4, -0.2) is 40.7 Å². The molecule has 0 saturated carbocycles. The number of ketones is 1. The highest BCUT2D eigenvalue weighted by molar-refractivity contribution is 8.00. The molecule has 1 unspecified atom stereocenters. The topological polar surface area (TPSA) is 102 Å². The van der Waals surface area contributed by atoms with Gasteiger partial charge in [0.25, 0.3) is 5.78 Å². The van der Waals surface area contributed by atoms with Crippen LogP contribution >= 0.6 is 46.3 Å². The van der Waals surface area contributed by atoms with Crippen molar-refractivity contribution in [3.8, 4) is 11.5 Å². The van der Waals surface area contributed by atoms with Gasteiger partial charge >= 0.3 is 5.91 Å². The lowest BCUT2D eigenvalue weighted by Gasteiger charge is -2.23. The first-order valence-corrected chi connectivity index (χ1v) is 16.3. The number of benzene rings is 3. The lowest BCUT2D eigenvalue weighted by Crippen LogP contribution is -2.29. The van der Waals surface area contributed by atoms with Gasteiger partial charge in [-0.1, -0.05) is 84.4 Å². The zero-order chi connectivity index (χ0) is 31.4. The van der Waals surface area contributed by atoms with Crippen LogP contribution in [0.2, 0.25) is 10.0 Å². The van der Waals surface area contributed by atoms with Gasteiger partial charge in [-0.25, -0.2) is 0 Å². The molecule has 0 spiro atoms. The summed E-state index contributed by atoms with van der Waals surface area (Å²) in [5, 5.41) is 21.3. The van der Waals surface area contributed by atoms with Crippen molar-refractivity contribution in [2.75, 3.05) is 18.6 Å². The average molecular weight is 671 g/mol. The second kappa shape index (κ2) is 14.0. The Morgan fingerprint density at radius 3 is 2.50 bits per heavy atom. The molecule has 4 aromatic rings. The van der Waals surface area contributed by atoms with Crippen molar-refractivity contribution in [1.29, 1.82) is 0 Å². The van der Waals surface area contributed by atoms with Gasteiger partial charge in [-0.15, -0.1) is 10.2 Å². The van der Waals surface area contributed by atoms with Crippen LogP contribution < -0.4 is 14.4 Å². The Morgan fingerprint density at radius 1 is 1.05 bits per heavy atom. The van der Waals surface area contributed by atoms with Gasteiger partial charge in [0.15, 0.2) is 15.8 Å². The van der Waals surface area contributed by atoms with Crippen molar-refractivity contribution in [2.24, 2.45) is 5.92 Å². The molecule has 5 rings (SSSR count). The first-order chi connectivity index (χ1) is 21.2. The molecule has 1 fully saturated rings. The number of hydrogen-bond acceptors (Lipinski definition) is 9. The summed E-state index contributed by atoms with van der Waals surface area (Å²) in [4.78, 5) is 28.5. The van der Waals surface area contributed by atoms with Crippen LogP contribution in [0.3, 0.4) is 0 Å². The number of aliphatic hydroxyl groups is 1. The van der Waals surface area contributed by atoms with E-state index in [0.29, 0.717) is 55.3 Å². The van der Waals surface area contributed by atoms with Gasteiger partial charge in [-0.05, 0) is 65.9 Å². The molecule has 3 aromatic carbocycles. The molecule has 2 heterocycles. The molecule has 1 N–H and O–H groups in total. The van der Waals surface area contributed by atoms with E-state index in [2.05, 4.69) is 24.0 Å². The van der Waals surface area contributed by atoms with E-state index in [9.17, 15) is 14.7 Å². The SMILES string of the molecule is COc1cc(C2/C(=C(/O)c3ccc(Cl)cc3)C(=O)C(=O)N2c2nnc(SCc3ccccc3Cl)s2)ccc1OCCC(C)C. The van der Waals surface area contributed by atoms with Crippen molar-refractivity contribution >= 4 is 68.9 Å². The van der Waals surface area contributed by atoms with Gasteiger partial charge in [0.05, 0.1) is 25.3 Å². The Morgan fingerprint density at radius 2 is 1.80 bits per heavy atom. The average Bonchev–Trinajstić information content (AvgIpc) is 3.58. The van der Waals surface area contributed by atoms with Crippen LogP contribution in [0.15, 0.2) is 76.6 Å². The third-order valence-electron chi connectivity index (χ3n) is 6.93. The minimum absolute atomic E-state index is 0.0895. The highest BCUT2D eigenvalue weighted by Crippen LogP contribution is 2.46. The molecule has 12 heteroatoms. The largest absolute Gasteiger partial charge is 0.507 e. The van der Waals surface area contributed by atoms with Gasteiger partial charge in [0, 0.05) is 21.4 Å². The van der Waals surface area contributed by atoms with Crippen molar-refractivity contribution < 1.29 is 24.2 Å². The van der Waals surface area contributed by atoms with Crippen LogP contribution in [0.1, 0.15) is 43.0 Å². The molecular weight excluding hydrogens is 641 g/mol. The van der Waals surface area contributed by atoms with Crippen molar-refractivity contribution in [1.82, 2.24) is 10.2 Å². The third-order valence-corrected chi connectivity index (χ3v) is 9.65. The highest BCUT2D eigenvalue weighted by Gasteiger charge is 2.48. The molecule has 1 saturated heterocycles. The zero-order valence-corrected chi connectivity index (χ0v) is 27.3. The summed E-state index contributed by atoms with van der Waals surface area (Å²) in [6.07, 6.45) is 0.861. The maximum atomic E-state index is 13.6. The van der Waals surface area contributed by atoms with Crippen LogP contribution in [-0.2, 0) is 15.3 Å². The molecule has 0 aliphatic carbocycles. The number of rotatable bonds is 11. The summed E-state index contributed by atoms with van der Waals surface area (Å²) in [5.41, 5.74) is 1.70. The number of aliphatic hydroxyl groups excluding tert-OH is 1. The van der Waals surface area contributed by atoms with E-state index in [1.165, 1.54) is 35.1 Å². The molecule has 1 aliphatic heterocycles. The Bertz CT molecular complexity index is 1710. The molecule has 228 valence electrons. The number of nitrogens with zero attached hydrogens (tertiary/aromatic N) is 3. The highest BCUT2D eigenvalue weighted by atomic mass is 35.5. The quantitative estimate of drug-likeness (QED) is 0.0561. The first-order valence-electron chi connectivity index (χ1n) is 13.7. The van der Waals surface area contributed by atoms with E-state index >= 15 is 0 Å². The molecule has 0 bridgehead atoms. The predicted octanol–water partition coefficient (Wildman–Crippen LogP) is 8.20. The number of carbonyl (C=O) groups excluding carboxylic acids is 2. The molecular formula is C32H29Cl2N3O5S2. The van der Waals surface area contributed by atoms with Crippen LogP contribution in [0.5, 0.6) is 11.5 Å². The van der Waals surface area contributed by atoms with E-state index in [-0.39, 0.29) is 16.5 Å². The monoisotopic (exact) mass is 669 g/mol. The normalized spacial score (nSPS) is 16.1. The lowest BCUT2D eigenvalue weighted by atomic mass is 9.95. The van der Waals surface area contributed by atoms with E-state index in [0.717, 1.165) is 12.0 Å². The lowest BCUT2D eigenvalue weighted by molar-refractivity contribution is -0.132. The molecule has 1 amide bonds. The van der Waals surface area contributed by atoms with Crippen molar-refractivity contribution in [3.63, 3.8) is 0 Å². The molecule has 44 heavy (non-hydrogen) atoms. The number of methoxy groups -OCH3 is 1. The number of halogens is 2. The fourth-order valence-electron chi connectivity index (χ4n) is 4.60. The minimum atomic E-state index is -1.02. The van der Waals surface area contributed by atoms with E-state index in [1.807, 2.05) is 24.3 Å². The maximum absolute atomic E-state index is 13.6. The molecule has 0 radical (unpaired) electrons. The Kier molecular flexibility index (Phi) is 10.2. The van der Waals surface area contributed by atoms with Gasteiger partial charge in [0.1, 0.15) is 5.76 Å². The van der Waals surface area contributed by atoms with Gasteiger partial charge in [0.2, 0.25) is 5.13 Å². The van der Waals surface area contributed by atoms with Crippen LogP contribution in [0.4, 0.5) is 5.13 Å². The zero-order valence-electron chi connectivity index (χ0n) is 24.1. The number of ether oxygens (including phenoxy) is 2. The number of hydrogen-bond donors (Lipinski definition) is 1. The van der Waals surface area contributed by atoms with Crippen LogP contribution in [0, 0.1) is 5.92 Å². The van der Waals surface area contributed by atoms with Gasteiger partial charge in [-0.2, -0.15) is 0 Å². The van der Waals surface area contributed by atoms with E-state index in [4.69, 9.17) is 32.7 Å². The summed E-state index contributed by atoms with van der Waals surface area (Å²) in [5.74, 6) is -0.0473. The van der Waals surface area contributed by atoms with Crippen molar-refractivity contribution in [3.05, 3.63) is 99.0 Å². The van der Waals surface area contributed by atoms with Crippen LogP contribution in [0.25, 0.3) is 5.76 Å². The molecule has 1 atom stereocenters. The summed E-state index contributed by atoms with van der Waals surface area (Å²) < 4.78 is 12.2. The number of aromatic nitrogens is 2. The Labute approximate surface area is 273 Å². The van der Waals surface area contributed by atoms with Gasteiger partial charge < -0.3 is 14.6 Å². The standard InChI is InChI=1S/C32H29Cl2N3O5S2/c1-18(2)14-15-42-24-13-10-20(16-25(24)41-3)27-26(28(38)19-8-11-22(33)12-9-19)29(39)30(40)37(27)31-35-36-32(44-31)43-17-21-6-4-5-7-23(21)34/h4-13,16,18,27,38H,14-15,17H2,1-3H3/b28-26-. The smallest absolute Gasteiger partial charge is 0.301 e. The summed E-state index contributed by atoms with van der Waals surface area (Å²) in [6, 6.07) is 18.1. The second-order valence-electron chi connectivity index (χ2n) is 10.3. The van der Waals surface area contributed by atoms with Crippen molar-refractivity contribution in [2.45, 2.75) is 36.4 Å². The molecule has 8 nitrogen and oxygen atoms in total. The fourth-order valence-corrected chi connectivity index (χ4v) is 6.88. The predicted molar refractivity (Wildman–Crippen MR) is 175 cm³/mol. The van der Waals surface area contributed by atoms with Gasteiger partial charge in [-0.3, -0.25) is 14.5 Å². The number of amides is 1. The summed E-state index contributed by atoms with van der Waals surface area (Å²) >= 11 is 15.0. The Hall–Kier alpha value is -3.57. The number of carbonyl (C=O) groups is 2. The third kappa shape index (κ3) is 6.89. The summed E-state index contributed by atoms with van der Waals surface area (Å²) in [7, 11) is 1.52. The fraction of sp³-hybridized carbons (Fsp3) is 0.250. The maximum Gasteiger partial charge on any atom is 0.301 e. The molecule has 1 aromatic heterocycles. The van der Waals surface area contributed by atoms with E-state index < -0.39 is 17.7 Å². The number of Topliss-reactive ketones (excluding diaryl/α,β-unsaturated/α-hetero) is 1. The summed E-state index contributed by atoms with van der Waals surface area (Å²) in [6.45, 7) is 4.73. The van der Waals surface area contributed by atoms with E-state index in [1.54, 1.807) is 42.5 Å². The first kappa shape index (κ1) is 31.8.